The summed E-state index contributed by atoms with van der Waals surface area (Å²) in [6.45, 7) is 1.93. The maximum atomic E-state index is 12.3. The molecule has 1 heterocycles. The van der Waals surface area contributed by atoms with E-state index in [2.05, 4.69) is 33.3 Å². The van der Waals surface area contributed by atoms with Crippen molar-refractivity contribution >= 4 is 27.5 Å². The van der Waals surface area contributed by atoms with Gasteiger partial charge in [-0.1, -0.05) is 47.1 Å². The Balaban J connectivity index is 1.77. The summed E-state index contributed by atoms with van der Waals surface area (Å²) in [5.41, 5.74) is 3.07. The molecular formula is C20H18BrN3O2. The molecule has 2 aromatic carbocycles. The van der Waals surface area contributed by atoms with E-state index in [9.17, 15) is 9.59 Å². The number of halogens is 1. The molecule has 0 aliphatic heterocycles. The summed E-state index contributed by atoms with van der Waals surface area (Å²) >= 11 is 3.42. The zero-order valence-corrected chi connectivity index (χ0v) is 15.9. The highest BCUT2D eigenvalue weighted by Crippen LogP contribution is 2.20. The summed E-state index contributed by atoms with van der Waals surface area (Å²) in [7, 11) is 0. The minimum absolute atomic E-state index is 0.143. The van der Waals surface area contributed by atoms with Gasteiger partial charge in [0, 0.05) is 21.8 Å². The second kappa shape index (κ2) is 8.10. The largest absolute Gasteiger partial charge is 0.324 e. The Kier molecular flexibility index (Phi) is 5.63. The molecule has 0 radical (unpaired) electrons. The Morgan fingerprint density at radius 2 is 1.88 bits per heavy atom. The molecule has 5 nitrogen and oxygen atoms in total. The first-order valence-electron chi connectivity index (χ1n) is 8.28. The second-order valence-electron chi connectivity index (χ2n) is 5.82. The number of amides is 1. The molecule has 132 valence electrons. The molecule has 0 saturated carbocycles. The molecule has 0 aliphatic rings. The van der Waals surface area contributed by atoms with E-state index in [1.165, 1.54) is 16.3 Å². The van der Waals surface area contributed by atoms with Gasteiger partial charge in [-0.15, -0.1) is 0 Å². The topological polar surface area (TPSA) is 64.0 Å². The Morgan fingerprint density at radius 3 is 2.58 bits per heavy atom. The third-order valence-electron chi connectivity index (χ3n) is 3.93. The zero-order chi connectivity index (χ0) is 18.5. The Morgan fingerprint density at radius 1 is 1.12 bits per heavy atom. The quantitative estimate of drug-likeness (QED) is 0.692. The fraction of sp³-hybridized carbons (Fsp3) is 0.150. The molecule has 0 spiro atoms. The van der Waals surface area contributed by atoms with E-state index >= 15 is 0 Å². The van der Waals surface area contributed by atoms with Crippen molar-refractivity contribution in [1.82, 2.24) is 9.78 Å². The maximum Gasteiger partial charge on any atom is 0.267 e. The second-order valence-corrected chi connectivity index (χ2v) is 6.74. The van der Waals surface area contributed by atoms with Crippen LogP contribution in [0.4, 0.5) is 5.69 Å². The van der Waals surface area contributed by atoms with Gasteiger partial charge < -0.3 is 5.32 Å². The van der Waals surface area contributed by atoms with Gasteiger partial charge in [-0.2, -0.15) is 5.10 Å². The number of aromatic nitrogens is 2. The number of nitrogens with zero attached hydrogens (tertiary/aromatic N) is 2. The molecule has 0 unspecified atom stereocenters. The van der Waals surface area contributed by atoms with Crippen molar-refractivity contribution in [2.24, 2.45) is 0 Å². The average Bonchev–Trinajstić information content (AvgIpc) is 2.64. The molecular weight excluding hydrogens is 394 g/mol. The van der Waals surface area contributed by atoms with Crippen molar-refractivity contribution < 1.29 is 4.79 Å². The third kappa shape index (κ3) is 4.46. The molecule has 3 rings (SSSR count). The van der Waals surface area contributed by atoms with Gasteiger partial charge in [-0.25, -0.2) is 4.68 Å². The van der Waals surface area contributed by atoms with Gasteiger partial charge >= 0.3 is 0 Å². The molecule has 6 heteroatoms. The lowest BCUT2D eigenvalue weighted by Gasteiger charge is -2.09. The van der Waals surface area contributed by atoms with Crippen LogP contribution in [0.5, 0.6) is 0 Å². The number of hydrogen-bond acceptors (Lipinski definition) is 3. The molecule has 0 atom stereocenters. The monoisotopic (exact) mass is 411 g/mol. The molecule has 0 bridgehead atoms. The highest BCUT2D eigenvalue weighted by molar-refractivity contribution is 9.10. The smallest absolute Gasteiger partial charge is 0.267 e. The fourth-order valence-corrected chi connectivity index (χ4v) is 2.92. The molecule has 26 heavy (non-hydrogen) atoms. The summed E-state index contributed by atoms with van der Waals surface area (Å²) < 4.78 is 2.09. The van der Waals surface area contributed by atoms with Crippen LogP contribution >= 0.6 is 15.9 Å². The van der Waals surface area contributed by atoms with Crippen LogP contribution in [0.3, 0.4) is 0 Å². The average molecular weight is 412 g/mol. The van der Waals surface area contributed by atoms with E-state index in [1.807, 2.05) is 48.5 Å². The van der Waals surface area contributed by atoms with E-state index in [0.29, 0.717) is 11.4 Å². The maximum absolute atomic E-state index is 12.3. The highest BCUT2D eigenvalue weighted by atomic mass is 79.9. The zero-order valence-electron chi connectivity index (χ0n) is 14.3. The number of aryl methyl sites for hydroxylation is 1. The predicted octanol–water partition coefficient (Wildman–Crippen LogP) is 3.87. The van der Waals surface area contributed by atoms with Crippen LogP contribution in [0.1, 0.15) is 12.5 Å². The summed E-state index contributed by atoms with van der Waals surface area (Å²) in [6, 6.07) is 18.3. The van der Waals surface area contributed by atoms with Gasteiger partial charge in [-0.05, 0) is 42.3 Å². The van der Waals surface area contributed by atoms with Crippen molar-refractivity contribution in [1.29, 1.82) is 0 Å². The SMILES string of the molecule is CCc1ccc(NC(=O)Cn2nc(-c3cccc(Br)c3)ccc2=O)cc1. The Hall–Kier alpha value is -2.73. The van der Waals surface area contributed by atoms with Crippen LogP contribution in [-0.2, 0) is 17.8 Å². The lowest BCUT2D eigenvalue weighted by molar-refractivity contribution is -0.117. The number of nitrogens with one attached hydrogen (secondary N) is 1. The van der Waals surface area contributed by atoms with E-state index in [0.717, 1.165) is 16.5 Å². The molecule has 0 saturated heterocycles. The third-order valence-corrected chi connectivity index (χ3v) is 4.42. The lowest BCUT2D eigenvalue weighted by Crippen LogP contribution is -2.29. The molecule has 1 N–H and O–H groups in total. The normalized spacial score (nSPS) is 10.5. The highest BCUT2D eigenvalue weighted by Gasteiger charge is 2.09. The first-order chi connectivity index (χ1) is 12.5. The first kappa shape index (κ1) is 18.1. The van der Waals surface area contributed by atoms with Crippen LogP contribution in [0.2, 0.25) is 0 Å². The van der Waals surface area contributed by atoms with E-state index in [4.69, 9.17) is 0 Å². The summed E-state index contributed by atoms with van der Waals surface area (Å²) in [5, 5.41) is 7.11. The number of anilines is 1. The minimum atomic E-state index is -0.319. The molecule has 3 aromatic rings. The summed E-state index contributed by atoms with van der Waals surface area (Å²) in [5.74, 6) is -0.296. The standard InChI is InChI=1S/C20H18BrN3O2/c1-2-14-6-8-17(9-7-14)22-19(25)13-24-20(26)11-10-18(23-24)15-4-3-5-16(21)12-15/h3-12H,2,13H2,1H3,(H,22,25). The van der Waals surface area contributed by atoms with E-state index in [1.54, 1.807) is 6.07 Å². The fourth-order valence-electron chi connectivity index (χ4n) is 2.52. The van der Waals surface area contributed by atoms with Crippen molar-refractivity contribution in [3.8, 4) is 11.3 Å². The number of benzene rings is 2. The number of hydrogen-bond donors (Lipinski definition) is 1. The molecule has 1 aromatic heterocycles. The number of carbonyl (C=O) groups excluding carboxylic acids is 1. The van der Waals surface area contributed by atoms with Gasteiger partial charge in [0.1, 0.15) is 6.54 Å². The first-order valence-corrected chi connectivity index (χ1v) is 9.07. The molecule has 0 fully saturated rings. The minimum Gasteiger partial charge on any atom is -0.324 e. The van der Waals surface area contributed by atoms with Gasteiger partial charge in [-0.3, -0.25) is 9.59 Å². The summed E-state index contributed by atoms with van der Waals surface area (Å²) in [4.78, 5) is 24.3. The van der Waals surface area contributed by atoms with E-state index < -0.39 is 0 Å². The van der Waals surface area contributed by atoms with Crippen molar-refractivity contribution in [2.45, 2.75) is 19.9 Å². The van der Waals surface area contributed by atoms with Gasteiger partial charge in [0.25, 0.3) is 5.56 Å². The van der Waals surface area contributed by atoms with Crippen molar-refractivity contribution in [2.75, 3.05) is 5.32 Å². The molecule has 1 amide bonds. The van der Waals surface area contributed by atoms with Gasteiger partial charge in [0.2, 0.25) is 5.91 Å². The molecule has 0 aliphatic carbocycles. The van der Waals surface area contributed by atoms with Crippen LogP contribution in [0, 0.1) is 0 Å². The van der Waals surface area contributed by atoms with Crippen LogP contribution in [-0.4, -0.2) is 15.7 Å². The van der Waals surface area contributed by atoms with Crippen molar-refractivity contribution in [3.63, 3.8) is 0 Å². The Labute approximate surface area is 159 Å². The van der Waals surface area contributed by atoms with E-state index in [-0.39, 0.29) is 18.0 Å². The number of rotatable bonds is 5. The van der Waals surface area contributed by atoms with Gasteiger partial charge in [0.15, 0.2) is 0 Å². The van der Waals surface area contributed by atoms with Crippen LogP contribution < -0.4 is 10.9 Å². The number of carbonyl (C=O) groups is 1. The summed E-state index contributed by atoms with van der Waals surface area (Å²) in [6.07, 6.45) is 0.940. The lowest BCUT2D eigenvalue weighted by atomic mass is 10.1. The van der Waals surface area contributed by atoms with Crippen LogP contribution in [0.25, 0.3) is 11.3 Å². The van der Waals surface area contributed by atoms with Crippen molar-refractivity contribution in [3.05, 3.63) is 81.1 Å². The predicted molar refractivity (Wildman–Crippen MR) is 106 cm³/mol. The van der Waals surface area contributed by atoms with Crippen LogP contribution in [0.15, 0.2) is 69.9 Å². The Bertz CT molecular complexity index is 981. The van der Waals surface area contributed by atoms with Gasteiger partial charge in [0.05, 0.1) is 5.69 Å².